The summed E-state index contributed by atoms with van der Waals surface area (Å²) in [6.45, 7) is 5.99. The van der Waals surface area contributed by atoms with Crippen molar-refractivity contribution in [2.45, 2.75) is 27.2 Å². The molecule has 24 heavy (non-hydrogen) atoms. The first-order valence-electron chi connectivity index (χ1n) is 7.87. The van der Waals surface area contributed by atoms with Gasteiger partial charge in [0, 0.05) is 5.69 Å². The molecule has 5 heteroatoms. The lowest BCUT2D eigenvalue weighted by atomic mass is 10.1. The van der Waals surface area contributed by atoms with E-state index >= 15 is 0 Å². The van der Waals surface area contributed by atoms with Crippen molar-refractivity contribution in [1.82, 2.24) is 5.32 Å². The highest BCUT2D eigenvalue weighted by molar-refractivity contribution is 7.80. The molecule has 0 bridgehead atoms. The molecule has 0 radical (unpaired) electrons. The Morgan fingerprint density at radius 1 is 1.12 bits per heavy atom. The third-order valence-electron chi connectivity index (χ3n) is 3.60. The zero-order valence-electron chi connectivity index (χ0n) is 14.2. The Morgan fingerprint density at radius 3 is 2.50 bits per heavy atom. The summed E-state index contributed by atoms with van der Waals surface area (Å²) < 4.78 is 5.46. The first kappa shape index (κ1) is 17.9. The highest BCUT2D eigenvalue weighted by atomic mass is 32.1. The van der Waals surface area contributed by atoms with Gasteiger partial charge in [0.25, 0.3) is 5.91 Å². The van der Waals surface area contributed by atoms with Crippen LogP contribution in [0.1, 0.15) is 23.6 Å². The Hall–Kier alpha value is -2.40. The fraction of sp³-hybridized carbons (Fsp3) is 0.263. The Kier molecular flexibility index (Phi) is 6.32. The molecule has 0 fully saturated rings. The molecule has 126 valence electrons. The van der Waals surface area contributed by atoms with E-state index in [4.69, 9.17) is 17.0 Å². The van der Waals surface area contributed by atoms with Crippen molar-refractivity contribution in [3.8, 4) is 5.75 Å². The summed E-state index contributed by atoms with van der Waals surface area (Å²) in [7, 11) is 0. The second-order valence-electron chi connectivity index (χ2n) is 5.61. The summed E-state index contributed by atoms with van der Waals surface area (Å²) in [6.07, 6.45) is 0.971. The summed E-state index contributed by atoms with van der Waals surface area (Å²) in [5.41, 5.74) is 4.29. The number of hydrogen-bond acceptors (Lipinski definition) is 3. The standard InChI is InChI=1S/C19H22N2O2S/c1-4-15-7-9-16(10-8-15)23-12-18(22)21-19(24)20-17-11-13(2)5-6-14(17)3/h5-11H,4,12H2,1-3H3,(H2,20,21,22,24). The van der Waals surface area contributed by atoms with E-state index < -0.39 is 0 Å². The van der Waals surface area contributed by atoms with E-state index in [0.29, 0.717) is 5.75 Å². The minimum atomic E-state index is -0.294. The lowest BCUT2D eigenvalue weighted by Gasteiger charge is -2.13. The predicted molar refractivity (Wildman–Crippen MR) is 102 cm³/mol. The number of anilines is 1. The van der Waals surface area contributed by atoms with Crippen LogP contribution in [0.25, 0.3) is 0 Å². The lowest BCUT2D eigenvalue weighted by molar-refractivity contribution is -0.121. The van der Waals surface area contributed by atoms with Crippen molar-refractivity contribution in [3.05, 3.63) is 59.2 Å². The minimum absolute atomic E-state index is 0.0832. The molecule has 4 nitrogen and oxygen atoms in total. The molecule has 2 aromatic carbocycles. The van der Waals surface area contributed by atoms with E-state index in [1.54, 1.807) is 0 Å². The van der Waals surface area contributed by atoms with Crippen LogP contribution in [0.2, 0.25) is 0 Å². The number of nitrogens with one attached hydrogen (secondary N) is 2. The Labute approximate surface area is 148 Å². The summed E-state index contributed by atoms with van der Waals surface area (Å²) in [4.78, 5) is 11.9. The molecule has 0 heterocycles. The molecule has 0 unspecified atom stereocenters. The molecule has 0 aliphatic heterocycles. The van der Waals surface area contributed by atoms with Crippen LogP contribution in [0.5, 0.6) is 5.75 Å². The van der Waals surface area contributed by atoms with Gasteiger partial charge in [0.05, 0.1) is 0 Å². The predicted octanol–water partition coefficient (Wildman–Crippen LogP) is 3.76. The molecule has 0 spiro atoms. The number of amides is 1. The molecular formula is C19H22N2O2S. The second-order valence-corrected chi connectivity index (χ2v) is 6.02. The maximum Gasteiger partial charge on any atom is 0.264 e. The van der Waals surface area contributed by atoms with E-state index in [-0.39, 0.29) is 17.6 Å². The fourth-order valence-electron chi connectivity index (χ4n) is 2.16. The molecule has 2 N–H and O–H groups in total. The smallest absolute Gasteiger partial charge is 0.264 e. The number of aryl methyl sites for hydroxylation is 3. The number of carbonyl (C=O) groups excluding carboxylic acids is 1. The maximum absolute atomic E-state index is 11.9. The van der Waals surface area contributed by atoms with E-state index in [0.717, 1.165) is 23.2 Å². The molecule has 0 atom stereocenters. The van der Waals surface area contributed by atoms with Crippen LogP contribution in [-0.4, -0.2) is 17.6 Å². The third-order valence-corrected chi connectivity index (χ3v) is 3.80. The highest BCUT2D eigenvalue weighted by Gasteiger charge is 2.07. The fourth-order valence-corrected chi connectivity index (χ4v) is 2.38. The first-order chi connectivity index (χ1) is 11.5. The van der Waals surface area contributed by atoms with E-state index in [2.05, 4.69) is 17.6 Å². The van der Waals surface area contributed by atoms with Gasteiger partial charge in [-0.15, -0.1) is 0 Å². The molecular weight excluding hydrogens is 320 g/mol. The van der Waals surface area contributed by atoms with E-state index in [1.807, 2.05) is 56.3 Å². The van der Waals surface area contributed by atoms with Crippen molar-refractivity contribution >= 4 is 28.9 Å². The van der Waals surface area contributed by atoms with Gasteiger partial charge in [-0.2, -0.15) is 0 Å². The normalized spacial score (nSPS) is 10.1. The molecule has 2 rings (SSSR count). The molecule has 0 saturated heterocycles. The Morgan fingerprint density at radius 2 is 1.83 bits per heavy atom. The summed E-state index contributed by atoms with van der Waals surface area (Å²) in [5.74, 6) is 0.369. The Bertz CT molecular complexity index is 727. The van der Waals surface area contributed by atoms with Crippen molar-refractivity contribution in [1.29, 1.82) is 0 Å². The second kappa shape index (κ2) is 8.45. The van der Waals surface area contributed by atoms with Gasteiger partial charge in [0.15, 0.2) is 11.7 Å². The van der Waals surface area contributed by atoms with Gasteiger partial charge in [-0.3, -0.25) is 10.1 Å². The summed E-state index contributed by atoms with van der Waals surface area (Å²) >= 11 is 5.18. The molecule has 0 saturated carbocycles. The van der Waals surface area contributed by atoms with Gasteiger partial charge in [-0.05, 0) is 67.4 Å². The molecule has 1 amide bonds. The Balaban J connectivity index is 1.82. The maximum atomic E-state index is 11.9. The van der Waals surface area contributed by atoms with Crippen LogP contribution in [0.3, 0.4) is 0 Å². The van der Waals surface area contributed by atoms with Crippen molar-refractivity contribution in [2.24, 2.45) is 0 Å². The van der Waals surface area contributed by atoms with Crippen LogP contribution in [0, 0.1) is 13.8 Å². The lowest BCUT2D eigenvalue weighted by Crippen LogP contribution is -2.37. The van der Waals surface area contributed by atoms with Crippen LogP contribution in [0.4, 0.5) is 5.69 Å². The molecule has 0 aromatic heterocycles. The monoisotopic (exact) mass is 342 g/mol. The van der Waals surface area contributed by atoms with Crippen molar-refractivity contribution in [2.75, 3.05) is 11.9 Å². The van der Waals surface area contributed by atoms with Gasteiger partial charge in [0.2, 0.25) is 0 Å². The van der Waals surface area contributed by atoms with Gasteiger partial charge in [-0.25, -0.2) is 0 Å². The quantitative estimate of drug-likeness (QED) is 0.813. The summed E-state index contributed by atoms with van der Waals surface area (Å²) in [5, 5.41) is 5.93. The van der Waals surface area contributed by atoms with Crippen molar-refractivity contribution < 1.29 is 9.53 Å². The zero-order chi connectivity index (χ0) is 17.5. The average Bonchev–Trinajstić information content (AvgIpc) is 2.56. The van der Waals surface area contributed by atoms with Crippen LogP contribution in [0.15, 0.2) is 42.5 Å². The average molecular weight is 342 g/mol. The SMILES string of the molecule is CCc1ccc(OCC(=O)NC(=S)Nc2cc(C)ccc2C)cc1. The number of benzene rings is 2. The number of carbonyl (C=O) groups is 1. The molecule has 2 aromatic rings. The van der Waals surface area contributed by atoms with Crippen LogP contribution < -0.4 is 15.4 Å². The topological polar surface area (TPSA) is 50.4 Å². The number of thiocarbonyl (C=S) groups is 1. The molecule has 0 aliphatic carbocycles. The minimum Gasteiger partial charge on any atom is -0.484 e. The van der Waals surface area contributed by atoms with Gasteiger partial charge < -0.3 is 10.1 Å². The largest absolute Gasteiger partial charge is 0.484 e. The third kappa shape index (κ3) is 5.35. The van der Waals surface area contributed by atoms with Gasteiger partial charge >= 0.3 is 0 Å². The number of hydrogen-bond donors (Lipinski definition) is 2. The zero-order valence-corrected chi connectivity index (χ0v) is 15.0. The van der Waals surface area contributed by atoms with E-state index in [9.17, 15) is 4.79 Å². The number of rotatable bonds is 5. The number of ether oxygens (including phenoxy) is 1. The van der Waals surface area contributed by atoms with Crippen LogP contribution in [-0.2, 0) is 11.2 Å². The van der Waals surface area contributed by atoms with E-state index in [1.165, 1.54) is 5.56 Å². The first-order valence-corrected chi connectivity index (χ1v) is 8.28. The van der Waals surface area contributed by atoms with Crippen LogP contribution >= 0.6 is 12.2 Å². The summed E-state index contributed by atoms with van der Waals surface area (Å²) in [6, 6.07) is 13.7. The van der Waals surface area contributed by atoms with Gasteiger partial charge in [0.1, 0.15) is 5.75 Å². The van der Waals surface area contributed by atoms with Gasteiger partial charge in [-0.1, -0.05) is 31.2 Å². The van der Waals surface area contributed by atoms with Crippen molar-refractivity contribution in [3.63, 3.8) is 0 Å². The molecule has 0 aliphatic rings. The highest BCUT2D eigenvalue weighted by Crippen LogP contribution is 2.16.